The summed E-state index contributed by atoms with van der Waals surface area (Å²) in [7, 11) is 0. The monoisotopic (exact) mass is 254 g/mol. The van der Waals surface area contributed by atoms with Gasteiger partial charge in [-0.05, 0) is 6.07 Å². The molecule has 18 heavy (non-hydrogen) atoms. The van der Waals surface area contributed by atoms with Gasteiger partial charge >= 0.3 is 0 Å². The lowest BCUT2D eigenvalue weighted by molar-refractivity contribution is -0.0228. The predicted octanol–water partition coefficient (Wildman–Crippen LogP) is -1.67. The minimum atomic E-state index is -1.19. The lowest BCUT2D eigenvalue weighted by Crippen LogP contribution is -2.32. The lowest BCUT2D eigenvalue weighted by Gasteiger charge is -2.14. The predicted molar refractivity (Wildman–Crippen MR) is 59.5 cm³/mol. The summed E-state index contributed by atoms with van der Waals surface area (Å²) in [6.07, 6.45) is -1.37. The van der Waals surface area contributed by atoms with Gasteiger partial charge in [-0.1, -0.05) is 0 Å². The maximum atomic E-state index is 11.0. The number of primary amides is 1. The third kappa shape index (κ3) is 2.21. The Labute approximate surface area is 103 Å². The smallest absolute Gasteiger partial charge is 0.250 e. The summed E-state index contributed by atoms with van der Waals surface area (Å²) in [5.74, 6) is -0.643. The summed E-state index contributed by atoms with van der Waals surface area (Å²) in [6, 6.07) is 1.44. The van der Waals surface area contributed by atoms with Crippen LogP contribution in [0.5, 0.6) is 0 Å². The molecule has 98 valence electrons. The molecule has 0 radical (unpaired) electrons. The molecule has 4 atom stereocenters. The van der Waals surface area contributed by atoms with Crippen molar-refractivity contribution in [1.82, 2.24) is 4.98 Å². The van der Waals surface area contributed by atoms with Crippen molar-refractivity contribution in [2.24, 2.45) is 5.73 Å². The fraction of sp³-hybridized carbons (Fsp3) is 0.455. The molecule has 1 aromatic heterocycles. The number of nitrogens with zero attached hydrogens (tertiary/aromatic N) is 1. The zero-order valence-electron chi connectivity index (χ0n) is 9.43. The number of rotatable bonds is 3. The van der Waals surface area contributed by atoms with Crippen LogP contribution in [0.4, 0.5) is 0 Å². The zero-order chi connectivity index (χ0) is 13.3. The first-order chi connectivity index (χ1) is 8.54. The van der Waals surface area contributed by atoms with E-state index in [1.165, 1.54) is 18.5 Å². The van der Waals surface area contributed by atoms with Gasteiger partial charge in [0.2, 0.25) is 5.91 Å². The topological polar surface area (TPSA) is 126 Å². The van der Waals surface area contributed by atoms with E-state index in [9.17, 15) is 15.0 Å². The van der Waals surface area contributed by atoms with Crippen LogP contribution < -0.4 is 5.73 Å². The molecular weight excluding hydrogens is 240 g/mol. The SMILES string of the molecule is NC(=O)c1cncc([C@H]2O[C@H](CO)[C@@H](O)[C@@H]2O)c1. The van der Waals surface area contributed by atoms with Gasteiger partial charge in [0.25, 0.3) is 0 Å². The highest BCUT2D eigenvalue weighted by molar-refractivity contribution is 5.92. The number of aromatic nitrogens is 1. The minimum Gasteiger partial charge on any atom is -0.394 e. The van der Waals surface area contributed by atoms with Gasteiger partial charge in [0.05, 0.1) is 12.2 Å². The molecule has 0 spiro atoms. The van der Waals surface area contributed by atoms with E-state index in [1.807, 2.05) is 0 Å². The summed E-state index contributed by atoms with van der Waals surface area (Å²) in [6.45, 7) is -0.405. The molecule has 2 rings (SSSR count). The van der Waals surface area contributed by atoms with Crippen LogP contribution in [-0.2, 0) is 4.74 Å². The average molecular weight is 254 g/mol. The molecule has 0 bridgehead atoms. The van der Waals surface area contributed by atoms with Gasteiger partial charge in [0.15, 0.2) is 0 Å². The second kappa shape index (κ2) is 4.99. The summed E-state index contributed by atoms with van der Waals surface area (Å²) in [4.78, 5) is 14.8. The van der Waals surface area contributed by atoms with Crippen molar-refractivity contribution in [2.75, 3.05) is 6.61 Å². The number of hydrogen-bond acceptors (Lipinski definition) is 6. The highest BCUT2D eigenvalue weighted by atomic mass is 16.6. The van der Waals surface area contributed by atoms with Gasteiger partial charge in [-0.2, -0.15) is 0 Å². The van der Waals surface area contributed by atoms with Crippen LogP contribution in [0.3, 0.4) is 0 Å². The van der Waals surface area contributed by atoms with Crippen LogP contribution in [0.1, 0.15) is 22.0 Å². The first kappa shape index (κ1) is 12.9. The normalized spacial score (nSPS) is 31.5. The van der Waals surface area contributed by atoms with E-state index >= 15 is 0 Å². The Morgan fingerprint density at radius 2 is 2.11 bits per heavy atom. The van der Waals surface area contributed by atoms with Crippen LogP contribution in [0.25, 0.3) is 0 Å². The number of aliphatic hydroxyl groups excluding tert-OH is 3. The highest BCUT2D eigenvalue weighted by Gasteiger charge is 2.43. The Hall–Kier alpha value is -1.54. The molecule has 7 heteroatoms. The van der Waals surface area contributed by atoms with Gasteiger partial charge in [-0.25, -0.2) is 0 Å². The van der Waals surface area contributed by atoms with Crippen molar-refractivity contribution in [3.63, 3.8) is 0 Å². The largest absolute Gasteiger partial charge is 0.394 e. The molecule has 1 amide bonds. The van der Waals surface area contributed by atoms with E-state index in [4.69, 9.17) is 15.6 Å². The minimum absolute atomic E-state index is 0.185. The van der Waals surface area contributed by atoms with Crippen molar-refractivity contribution < 1.29 is 24.9 Å². The summed E-state index contributed by atoms with van der Waals surface area (Å²) < 4.78 is 5.31. The van der Waals surface area contributed by atoms with E-state index in [2.05, 4.69) is 4.98 Å². The molecule has 1 aromatic rings. The number of ether oxygens (including phenoxy) is 1. The second-order valence-corrected chi connectivity index (χ2v) is 4.13. The van der Waals surface area contributed by atoms with E-state index in [1.54, 1.807) is 0 Å². The molecule has 0 unspecified atom stereocenters. The maximum Gasteiger partial charge on any atom is 0.250 e. The summed E-state index contributed by atoms with van der Waals surface area (Å²) in [5.41, 5.74) is 5.74. The molecule has 1 saturated heterocycles. The van der Waals surface area contributed by atoms with Gasteiger partial charge in [0.1, 0.15) is 24.4 Å². The molecular formula is C11H14N2O5. The highest BCUT2D eigenvalue weighted by Crippen LogP contribution is 2.33. The molecule has 1 aliphatic rings. The van der Waals surface area contributed by atoms with E-state index < -0.39 is 36.9 Å². The quantitative estimate of drug-likeness (QED) is 0.511. The average Bonchev–Trinajstić information content (AvgIpc) is 2.66. The fourth-order valence-electron chi connectivity index (χ4n) is 1.92. The number of carbonyl (C=O) groups excluding carboxylic acids is 1. The number of pyridine rings is 1. The van der Waals surface area contributed by atoms with Gasteiger partial charge in [-0.3, -0.25) is 9.78 Å². The summed E-state index contributed by atoms with van der Waals surface area (Å²) in [5, 5.41) is 28.4. The van der Waals surface area contributed by atoms with Crippen LogP contribution >= 0.6 is 0 Å². The third-order valence-electron chi connectivity index (χ3n) is 2.91. The molecule has 0 aliphatic carbocycles. The van der Waals surface area contributed by atoms with Crippen LogP contribution in [-0.4, -0.2) is 51.1 Å². The van der Waals surface area contributed by atoms with Crippen molar-refractivity contribution in [1.29, 1.82) is 0 Å². The van der Waals surface area contributed by atoms with Gasteiger partial charge in [0, 0.05) is 18.0 Å². The molecule has 7 nitrogen and oxygen atoms in total. The standard InChI is InChI=1S/C11H14N2O5/c12-11(17)6-1-5(2-13-3-6)10-9(16)8(15)7(4-14)18-10/h1-3,7-10,14-16H,4H2,(H2,12,17)/t7-,8-,9+,10-/m1/s1. The van der Waals surface area contributed by atoms with E-state index in [0.717, 1.165) is 0 Å². The second-order valence-electron chi connectivity index (χ2n) is 4.13. The molecule has 1 aliphatic heterocycles. The third-order valence-corrected chi connectivity index (χ3v) is 2.91. The Kier molecular flexibility index (Phi) is 3.58. The fourth-order valence-corrected chi connectivity index (χ4v) is 1.92. The van der Waals surface area contributed by atoms with E-state index in [-0.39, 0.29) is 5.56 Å². The molecule has 1 fully saturated rings. The van der Waals surface area contributed by atoms with E-state index in [0.29, 0.717) is 5.56 Å². The molecule has 0 saturated carbocycles. The number of aliphatic hydroxyl groups is 3. The molecule has 5 N–H and O–H groups in total. The van der Waals surface area contributed by atoms with Gasteiger partial charge < -0.3 is 25.8 Å². The van der Waals surface area contributed by atoms with Crippen molar-refractivity contribution in [3.05, 3.63) is 29.6 Å². The van der Waals surface area contributed by atoms with Crippen LogP contribution in [0.15, 0.2) is 18.5 Å². The zero-order valence-corrected chi connectivity index (χ0v) is 9.43. The van der Waals surface area contributed by atoms with Crippen molar-refractivity contribution >= 4 is 5.91 Å². The number of nitrogens with two attached hydrogens (primary N) is 1. The lowest BCUT2D eigenvalue weighted by atomic mass is 10.0. The maximum absolute atomic E-state index is 11.0. The number of carbonyl (C=O) groups is 1. The Bertz CT molecular complexity index is 453. The van der Waals surface area contributed by atoms with Gasteiger partial charge in [-0.15, -0.1) is 0 Å². The Morgan fingerprint density at radius 3 is 2.67 bits per heavy atom. The molecule has 2 heterocycles. The first-order valence-corrected chi connectivity index (χ1v) is 5.41. The molecule has 0 aromatic carbocycles. The van der Waals surface area contributed by atoms with Crippen LogP contribution in [0, 0.1) is 0 Å². The number of amides is 1. The van der Waals surface area contributed by atoms with Crippen LogP contribution in [0.2, 0.25) is 0 Å². The summed E-state index contributed by atoms with van der Waals surface area (Å²) >= 11 is 0. The van der Waals surface area contributed by atoms with Crippen molar-refractivity contribution in [3.8, 4) is 0 Å². The van der Waals surface area contributed by atoms with Crippen molar-refractivity contribution in [2.45, 2.75) is 24.4 Å². The Balaban J connectivity index is 2.27. The Morgan fingerprint density at radius 1 is 1.39 bits per heavy atom. The number of hydrogen-bond donors (Lipinski definition) is 4. The first-order valence-electron chi connectivity index (χ1n) is 5.41.